The second-order valence-electron chi connectivity index (χ2n) is 6.86. The van der Waals surface area contributed by atoms with Crippen molar-refractivity contribution in [3.05, 3.63) is 0 Å². The molecular weight excluding hydrogens is 256 g/mol. The van der Waals surface area contributed by atoms with E-state index in [-0.39, 0.29) is 23.9 Å². The average molecular weight is 284 g/mol. The van der Waals surface area contributed by atoms with Crippen molar-refractivity contribution in [2.24, 2.45) is 11.3 Å². The summed E-state index contributed by atoms with van der Waals surface area (Å²) in [6.07, 6.45) is 6.12. The van der Waals surface area contributed by atoms with Gasteiger partial charge < -0.3 is 15.7 Å². The molecule has 5 heteroatoms. The van der Waals surface area contributed by atoms with Gasteiger partial charge in [0.2, 0.25) is 0 Å². The number of hydrogen-bond donors (Lipinski definition) is 3. The Morgan fingerprint density at radius 3 is 2.35 bits per heavy atom. The van der Waals surface area contributed by atoms with Crippen molar-refractivity contribution in [3.8, 4) is 0 Å². The van der Waals surface area contributed by atoms with Gasteiger partial charge in [-0.1, -0.05) is 46.5 Å². The summed E-state index contributed by atoms with van der Waals surface area (Å²) in [5, 5.41) is 14.5. The van der Waals surface area contributed by atoms with Crippen LogP contribution in [0.3, 0.4) is 0 Å². The van der Waals surface area contributed by atoms with Crippen molar-refractivity contribution in [1.82, 2.24) is 10.6 Å². The Morgan fingerprint density at radius 1 is 1.25 bits per heavy atom. The van der Waals surface area contributed by atoms with Gasteiger partial charge in [-0.25, -0.2) is 4.79 Å². The molecule has 1 unspecified atom stereocenters. The molecule has 0 aromatic rings. The SMILES string of the molecule is CC(C)(C)C(CC(=O)O)NC(=O)NCCC1CCCC1. The van der Waals surface area contributed by atoms with Crippen LogP contribution in [0.4, 0.5) is 4.79 Å². The van der Waals surface area contributed by atoms with E-state index in [2.05, 4.69) is 10.6 Å². The summed E-state index contributed by atoms with van der Waals surface area (Å²) in [5.41, 5.74) is -0.277. The van der Waals surface area contributed by atoms with Crippen LogP contribution in [-0.4, -0.2) is 29.7 Å². The van der Waals surface area contributed by atoms with Crippen molar-refractivity contribution in [2.75, 3.05) is 6.54 Å². The Hall–Kier alpha value is -1.26. The van der Waals surface area contributed by atoms with E-state index < -0.39 is 5.97 Å². The Labute approximate surface area is 121 Å². The zero-order valence-corrected chi connectivity index (χ0v) is 12.9. The van der Waals surface area contributed by atoms with Crippen LogP contribution in [0.5, 0.6) is 0 Å². The molecule has 20 heavy (non-hydrogen) atoms. The zero-order valence-electron chi connectivity index (χ0n) is 12.9. The minimum absolute atomic E-state index is 0.0560. The van der Waals surface area contributed by atoms with E-state index >= 15 is 0 Å². The van der Waals surface area contributed by atoms with Gasteiger partial charge in [0.15, 0.2) is 0 Å². The number of amides is 2. The average Bonchev–Trinajstić information content (AvgIpc) is 2.79. The Kier molecular flexibility index (Phi) is 6.30. The number of nitrogens with one attached hydrogen (secondary N) is 2. The van der Waals surface area contributed by atoms with Gasteiger partial charge in [0.25, 0.3) is 0 Å². The first kappa shape index (κ1) is 16.8. The quantitative estimate of drug-likeness (QED) is 0.701. The van der Waals surface area contributed by atoms with E-state index in [0.29, 0.717) is 6.54 Å². The van der Waals surface area contributed by atoms with E-state index in [1.807, 2.05) is 20.8 Å². The van der Waals surface area contributed by atoms with Crippen molar-refractivity contribution in [2.45, 2.75) is 65.3 Å². The summed E-state index contributed by atoms with van der Waals surface area (Å²) < 4.78 is 0. The third-order valence-electron chi connectivity index (χ3n) is 4.04. The highest BCUT2D eigenvalue weighted by Gasteiger charge is 2.28. The maximum Gasteiger partial charge on any atom is 0.315 e. The van der Waals surface area contributed by atoms with E-state index in [1.165, 1.54) is 25.7 Å². The van der Waals surface area contributed by atoms with Gasteiger partial charge in [0, 0.05) is 12.6 Å². The molecule has 3 N–H and O–H groups in total. The third kappa shape index (κ3) is 6.26. The molecule has 0 saturated heterocycles. The summed E-state index contributed by atoms with van der Waals surface area (Å²) in [4.78, 5) is 22.7. The fraction of sp³-hybridized carbons (Fsp3) is 0.867. The largest absolute Gasteiger partial charge is 0.481 e. The van der Waals surface area contributed by atoms with Crippen LogP contribution in [0.2, 0.25) is 0 Å². The Bertz CT molecular complexity index is 331. The molecule has 0 radical (unpaired) electrons. The Morgan fingerprint density at radius 2 is 1.85 bits per heavy atom. The fourth-order valence-electron chi connectivity index (χ4n) is 2.65. The first-order chi connectivity index (χ1) is 9.29. The predicted octanol–water partition coefficient (Wildman–Crippen LogP) is 2.76. The highest BCUT2D eigenvalue weighted by molar-refractivity contribution is 5.75. The molecular formula is C15H28N2O3. The topological polar surface area (TPSA) is 78.4 Å². The van der Waals surface area contributed by atoms with Gasteiger partial charge in [-0.15, -0.1) is 0 Å². The number of aliphatic carboxylic acids is 1. The van der Waals surface area contributed by atoms with E-state index in [1.54, 1.807) is 0 Å². The monoisotopic (exact) mass is 284 g/mol. The van der Waals surface area contributed by atoms with Crippen molar-refractivity contribution < 1.29 is 14.7 Å². The lowest BCUT2D eigenvalue weighted by atomic mass is 9.85. The molecule has 5 nitrogen and oxygen atoms in total. The first-order valence-corrected chi connectivity index (χ1v) is 7.55. The molecule has 0 aromatic carbocycles. The molecule has 2 amide bonds. The van der Waals surface area contributed by atoms with E-state index in [9.17, 15) is 9.59 Å². The lowest BCUT2D eigenvalue weighted by molar-refractivity contribution is -0.138. The van der Waals surface area contributed by atoms with E-state index in [0.717, 1.165) is 12.3 Å². The second kappa shape index (κ2) is 7.50. The summed E-state index contributed by atoms with van der Waals surface area (Å²) >= 11 is 0. The van der Waals surface area contributed by atoms with Crippen LogP contribution in [-0.2, 0) is 4.79 Å². The first-order valence-electron chi connectivity index (χ1n) is 7.55. The molecule has 1 aliphatic rings. The Balaban J connectivity index is 2.31. The summed E-state index contributed by atoms with van der Waals surface area (Å²) in [6, 6.07) is -0.629. The van der Waals surface area contributed by atoms with Gasteiger partial charge in [0.05, 0.1) is 6.42 Å². The molecule has 0 heterocycles. The number of rotatable bonds is 6. The number of urea groups is 1. The minimum atomic E-state index is -0.892. The lowest BCUT2D eigenvalue weighted by Crippen LogP contribution is -2.49. The number of hydrogen-bond acceptors (Lipinski definition) is 2. The van der Waals surface area contributed by atoms with Gasteiger partial charge in [-0.2, -0.15) is 0 Å². The van der Waals surface area contributed by atoms with Gasteiger partial charge in [0.1, 0.15) is 0 Å². The van der Waals surface area contributed by atoms with Crippen LogP contribution in [0.15, 0.2) is 0 Å². The molecule has 1 atom stereocenters. The summed E-state index contributed by atoms with van der Waals surface area (Å²) in [7, 11) is 0. The third-order valence-corrected chi connectivity index (χ3v) is 4.04. The summed E-state index contributed by atoms with van der Waals surface area (Å²) in [5.74, 6) is -0.149. The van der Waals surface area contributed by atoms with Gasteiger partial charge >= 0.3 is 12.0 Å². The maximum atomic E-state index is 11.8. The van der Waals surface area contributed by atoms with Crippen molar-refractivity contribution in [1.29, 1.82) is 0 Å². The highest BCUT2D eigenvalue weighted by atomic mass is 16.4. The van der Waals surface area contributed by atoms with E-state index in [4.69, 9.17) is 5.11 Å². The molecule has 0 spiro atoms. The molecule has 1 fully saturated rings. The van der Waals surface area contributed by atoms with Gasteiger partial charge in [-0.05, 0) is 17.8 Å². The number of carboxylic acid groups (broad SMARTS) is 1. The van der Waals surface area contributed by atoms with Crippen LogP contribution in [0.1, 0.15) is 59.3 Å². The normalized spacial score (nSPS) is 17.8. The van der Waals surface area contributed by atoms with Crippen LogP contribution < -0.4 is 10.6 Å². The van der Waals surface area contributed by atoms with Crippen LogP contribution in [0.25, 0.3) is 0 Å². The second-order valence-corrected chi connectivity index (χ2v) is 6.86. The fourth-order valence-corrected chi connectivity index (χ4v) is 2.65. The lowest BCUT2D eigenvalue weighted by Gasteiger charge is -2.30. The highest BCUT2D eigenvalue weighted by Crippen LogP contribution is 2.27. The zero-order chi connectivity index (χ0) is 15.2. The molecule has 1 rings (SSSR count). The molecule has 0 aromatic heterocycles. The molecule has 0 bridgehead atoms. The van der Waals surface area contributed by atoms with Gasteiger partial charge in [-0.3, -0.25) is 4.79 Å². The number of carbonyl (C=O) groups excluding carboxylic acids is 1. The molecule has 1 saturated carbocycles. The van der Waals surface area contributed by atoms with Crippen LogP contribution >= 0.6 is 0 Å². The van der Waals surface area contributed by atoms with Crippen molar-refractivity contribution in [3.63, 3.8) is 0 Å². The molecule has 1 aliphatic carbocycles. The standard InChI is InChI=1S/C15H28N2O3/c1-15(2,3)12(10-13(18)19)17-14(20)16-9-8-11-6-4-5-7-11/h11-12H,4-10H2,1-3H3,(H,18,19)(H2,16,17,20). The number of carbonyl (C=O) groups is 2. The minimum Gasteiger partial charge on any atom is -0.481 e. The van der Waals surface area contributed by atoms with Crippen molar-refractivity contribution >= 4 is 12.0 Å². The number of carboxylic acids is 1. The summed E-state index contributed by atoms with van der Waals surface area (Å²) in [6.45, 7) is 6.46. The van der Waals surface area contributed by atoms with Crippen LogP contribution in [0, 0.1) is 11.3 Å². The maximum absolute atomic E-state index is 11.8. The smallest absolute Gasteiger partial charge is 0.315 e. The predicted molar refractivity (Wildman–Crippen MR) is 78.6 cm³/mol. The molecule has 0 aliphatic heterocycles. The molecule has 116 valence electrons.